The predicted octanol–water partition coefficient (Wildman–Crippen LogP) is 1.86. The third-order valence-corrected chi connectivity index (χ3v) is 3.21. The topological polar surface area (TPSA) is 58.6 Å². The molecule has 0 saturated heterocycles. The molecule has 4 heteroatoms. The monoisotopic (exact) mass is 257 g/mol. The van der Waals surface area contributed by atoms with Crippen molar-refractivity contribution in [1.82, 2.24) is 5.32 Å². The molecule has 2 N–H and O–H groups in total. The van der Waals surface area contributed by atoms with Crippen LogP contribution in [-0.2, 0) is 9.53 Å². The maximum absolute atomic E-state index is 11.5. The van der Waals surface area contributed by atoms with E-state index in [0.717, 1.165) is 19.3 Å². The Kier molecular flexibility index (Phi) is 5.17. The van der Waals surface area contributed by atoms with Gasteiger partial charge in [0.05, 0.1) is 12.1 Å². The fourth-order valence-corrected chi connectivity index (χ4v) is 2.57. The first-order valence-electron chi connectivity index (χ1n) is 6.85. The summed E-state index contributed by atoms with van der Waals surface area (Å²) in [5.41, 5.74) is -1.10. The van der Waals surface area contributed by atoms with E-state index < -0.39 is 11.2 Å². The Morgan fingerprint density at radius 1 is 1.50 bits per heavy atom. The fraction of sp³-hybridized carbons (Fsp3) is 0.929. The quantitative estimate of drug-likeness (QED) is 0.755. The minimum atomic E-state index is -0.653. The number of hydrogen-bond acceptors (Lipinski definition) is 4. The molecule has 0 radical (unpaired) electrons. The zero-order valence-electron chi connectivity index (χ0n) is 12.1. The minimum Gasteiger partial charge on any atom is -0.459 e. The summed E-state index contributed by atoms with van der Waals surface area (Å²) in [6.07, 6.45) is 3.88. The van der Waals surface area contributed by atoms with E-state index in [2.05, 4.69) is 12.2 Å². The van der Waals surface area contributed by atoms with Crippen molar-refractivity contribution in [2.45, 2.75) is 64.6 Å². The van der Waals surface area contributed by atoms with Gasteiger partial charge in [-0.15, -0.1) is 0 Å². The Morgan fingerprint density at radius 2 is 2.17 bits per heavy atom. The average Bonchev–Trinajstić information content (AvgIpc) is 2.13. The lowest BCUT2D eigenvalue weighted by Crippen LogP contribution is -2.45. The van der Waals surface area contributed by atoms with E-state index in [0.29, 0.717) is 12.5 Å². The van der Waals surface area contributed by atoms with Gasteiger partial charge in [-0.25, -0.2) is 0 Å². The van der Waals surface area contributed by atoms with Crippen LogP contribution in [0.5, 0.6) is 0 Å². The summed E-state index contributed by atoms with van der Waals surface area (Å²) in [5, 5.41) is 13.4. The molecule has 106 valence electrons. The summed E-state index contributed by atoms with van der Waals surface area (Å²) in [6.45, 7) is 8.34. The molecule has 0 bridgehead atoms. The molecule has 1 aliphatic rings. The van der Waals surface area contributed by atoms with Gasteiger partial charge in [0.2, 0.25) is 0 Å². The normalized spacial score (nSPS) is 29.1. The van der Waals surface area contributed by atoms with Gasteiger partial charge >= 0.3 is 5.97 Å². The van der Waals surface area contributed by atoms with Crippen molar-refractivity contribution in [1.29, 1.82) is 0 Å². The highest BCUT2D eigenvalue weighted by Gasteiger charge is 2.32. The number of aliphatic hydroxyl groups is 1. The predicted molar refractivity (Wildman–Crippen MR) is 71.3 cm³/mol. The molecule has 0 heterocycles. The van der Waals surface area contributed by atoms with E-state index >= 15 is 0 Å². The van der Waals surface area contributed by atoms with Crippen LogP contribution in [0.4, 0.5) is 0 Å². The first-order valence-corrected chi connectivity index (χ1v) is 6.85. The van der Waals surface area contributed by atoms with E-state index in [-0.39, 0.29) is 12.5 Å². The molecule has 2 atom stereocenters. The van der Waals surface area contributed by atoms with E-state index in [1.807, 2.05) is 20.8 Å². The van der Waals surface area contributed by atoms with Crippen LogP contribution in [0.3, 0.4) is 0 Å². The van der Waals surface area contributed by atoms with Crippen LogP contribution in [0.15, 0.2) is 0 Å². The van der Waals surface area contributed by atoms with E-state index in [9.17, 15) is 9.90 Å². The number of ether oxygens (including phenoxy) is 1. The average molecular weight is 257 g/mol. The molecule has 0 spiro atoms. The summed E-state index contributed by atoms with van der Waals surface area (Å²) in [6, 6.07) is 0. The molecule has 1 fully saturated rings. The van der Waals surface area contributed by atoms with Gasteiger partial charge in [-0.05, 0) is 39.5 Å². The molecule has 1 aliphatic carbocycles. The van der Waals surface area contributed by atoms with Crippen molar-refractivity contribution in [2.75, 3.05) is 13.1 Å². The first-order chi connectivity index (χ1) is 8.20. The number of rotatable bonds is 4. The van der Waals surface area contributed by atoms with Gasteiger partial charge in [0.1, 0.15) is 5.60 Å². The third-order valence-electron chi connectivity index (χ3n) is 3.21. The molecule has 0 aliphatic heterocycles. The van der Waals surface area contributed by atoms with Crippen LogP contribution in [0.25, 0.3) is 0 Å². The molecule has 1 saturated carbocycles. The Labute approximate surface area is 110 Å². The lowest BCUT2D eigenvalue weighted by Gasteiger charge is -2.35. The van der Waals surface area contributed by atoms with Gasteiger partial charge < -0.3 is 15.2 Å². The van der Waals surface area contributed by atoms with Crippen molar-refractivity contribution < 1.29 is 14.6 Å². The van der Waals surface area contributed by atoms with Crippen molar-refractivity contribution in [2.24, 2.45) is 5.92 Å². The standard InChI is InChI=1S/C14H27NO3/c1-11-6-5-7-14(17,8-11)10-15-9-12(16)18-13(2,3)4/h11,15,17H,5-10H2,1-4H3. The van der Waals surface area contributed by atoms with Gasteiger partial charge in [0, 0.05) is 6.54 Å². The van der Waals surface area contributed by atoms with Crippen molar-refractivity contribution in [3.63, 3.8) is 0 Å². The van der Waals surface area contributed by atoms with Gasteiger partial charge in [0.15, 0.2) is 0 Å². The maximum atomic E-state index is 11.5. The van der Waals surface area contributed by atoms with Gasteiger partial charge in [-0.2, -0.15) is 0 Å². The highest BCUT2D eigenvalue weighted by molar-refractivity contribution is 5.72. The van der Waals surface area contributed by atoms with Crippen LogP contribution < -0.4 is 5.32 Å². The zero-order valence-corrected chi connectivity index (χ0v) is 12.1. The zero-order chi connectivity index (χ0) is 13.8. The molecular weight excluding hydrogens is 230 g/mol. The smallest absolute Gasteiger partial charge is 0.320 e. The number of nitrogens with one attached hydrogen (secondary N) is 1. The van der Waals surface area contributed by atoms with Crippen molar-refractivity contribution in [3.05, 3.63) is 0 Å². The second-order valence-corrected chi connectivity index (χ2v) is 6.62. The number of esters is 1. The molecule has 4 nitrogen and oxygen atoms in total. The van der Waals surface area contributed by atoms with Gasteiger partial charge in [-0.1, -0.05) is 19.8 Å². The summed E-state index contributed by atoms with van der Waals surface area (Å²) >= 11 is 0. The Morgan fingerprint density at radius 3 is 2.72 bits per heavy atom. The molecular formula is C14H27NO3. The Bertz CT molecular complexity index is 285. The molecule has 0 amide bonds. The molecule has 18 heavy (non-hydrogen) atoms. The Hall–Kier alpha value is -0.610. The summed E-state index contributed by atoms with van der Waals surface area (Å²) < 4.78 is 5.20. The molecule has 0 aromatic rings. The van der Waals surface area contributed by atoms with Crippen LogP contribution >= 0.6 is 0 Å². The number of hydrogen-bond donors (Lipinski definition) is 2. The van der Waals surface area contributed by atoms with Crippen LogP contribution in [0.1, 0.15) is 53.4 Å². The molecule has 0 aromatic heterocycles. The SMILES string of the molecule is CC1CCCC(O)(CNCC(=O)OC(C)(C)C)C1. The van der Waals surface area contributed by atoms with E-state index in [1.54, 1.807) is 0 Å². The summed E-state index contributed by atoms with van der Waals surface area (Å²) in [5.74, 6) is 0.294. The second kappa shape index (κ2) is 6.02. The maximum Gasteiger partial charge on any atom is 0.320 e. The molecule has 1 rings (SSSR count). The molecule has 0 aromatic carbocycles. The number of carbonyl (C=O) groups is 1. The highest BCUT2D eigenvalue weighted by Crippen LogP contribution is 2.31. The van der Waals surface area contributed by atoms with E-state index in [4.69, 9.17) is 4.74 Å². The summed E-state index contributed by atoms with van der Waals surface area (Å²) in [7, 11) is 0. The fourth-order valence-electron chi connectivity index (χ4n) is 2.57. The lowest BCUT2D eigenvalue weighted by atomic mass is 9.79. The molecule has 2 unspecified atom stereocenters. The van der Waals surface area contributed by atoms with Crippen molar-refractivity contribution in [3.8, 4) is 0 Å². The lowest BCUT2D eigenvalue weighted by molar-refractivity contribution is -0.153. The summed E-state index contributed by atoms with van der Waals surface area (Å²) in [4.78, 5) is 11.5. The largest absolute Gasteiger partial charge is 0.459 e. The van der Waals surface area contributed by atoms with Crippen LogP contribution in [0.2, 0.25) is 0 Å². The van der Waals surface area contributed by atoms with Crippen LogP contribution in [0, 0.1) is 5.92 Å². The highest BCUT2D eigenvalue weighted by atomic mass is 16.6. The van der Waals surface area contributed by atoms with Gasteiger partial charge in [0.25, 0.3) is 0 Å². The minimum absolute atomic E-state index is 0.161. The second-order valence-electron chi connectivity index (χ2n) is 6.62. The first kappa shape index (κ1) is 15.4. The third kappa shape index (κ3) is 5.83. The number of carbonyl (C=O) groups excluding carboxylic acids is 1. The van der Waals surface area contributed by atoms with Crippen LogP contribution in [-0.4, -0.2) is 35.4 Å². The Balaban J connectivity index is 2.26. The van der Waals surface area contributed by atoms with Gasteiger partial charge in [-0.3, -0.25) is 4.79 Å². The van der Waals surface area contributed by atoms with E-state index in [1.165, 1.54) is 6.42 Å². The van der Waals surface area contributed by atoms with Crippen molar-refractivity contribution >= 4 is 5.97 Å².